The second-order valence-corrected chi connectivity index (χ2v) is 9.51. The van der Waals surface area contributed by atoms with Gasteiger partial charge in [-0.15, -0.1) is 6.42 Å². The van der Waals surface area contributed by atoms with Gasteiger partial charge in [-0.3, -0.25) is 14.3 Å². The van der Waals surface area contributed by atoms with Crippen molar-refractivity contribution in [3.63, 3.8) is 0 Å². The van der Waals surface area contributed by atoms with Crippen LogP contribution in [0.3, 0.4) is 0 Å². The van der Waals surface area contributed by atoms with Crippen molar-refractivity contribution in [1.29, 1.82) is 0 Å². The number of carbonyl (C=O) groups is 2. The number of nitrogens with zero attached hydrogens (tertiary/aromatic N) is 1. The van der Waals surface area contributed by atoms with Gasteiger partial charge in [0, 0.05) is 18.3 Å². The van der Waals surface area contributed by atoms with Crippen LogP contribution in [0.5, 0.6) is 0 Å². The fraction of sp³-hybridized carbons (Fsp3) is 0.154. The Morgan fingerprint density at radius 3 is 2.47 bits per heavy atom. The lowest BCUT2D eigenvalue weighted by molar-refractivity contribution is -0.116. The van der Waals surface area contributed by atoms with Gasteiger partial charge in [0.25, 0.3) is 15.9 Å². The molecule has 3 rings (SSSR count). The van der Waals surface area contributed by atoms with Crippen LogP contribution in [-0.2, 0) is 14.8 Å². The first-order valence-corrected chi connectivity index (χ1v) is 11.9. The lowest BCUT2D eigenvalue weighted by Crippen LogP contribution is -2.35. The first kappa shape index (κ1) is 24.6. The number of likely N-dealkylation sites (N-methyl/N-ethyl adjacent to an activating group) is 1. The zero-order valence-corrected chi connectivity index (χ0v) is 19.9. The maximum absolute atomic E-state index is 13.1. The molecule has 0 aliphatic carbocycles. The average molecular weight is 476 g/mol. The van der Waals surface area contributed by atoms with E-state index < -0.39 is 21.8 Å². The highest BCUT2D eigenvalue weighted by molar-refractivity contribution is 7.92. The van der Waals surface area contributed by atoms with Crippen LogP contribution >= 0.6 is 0 Å². The number of terminal acetylenes is 1. The van der Waals surface area contributed by atoms with Crippen LogP contribution in [0.25, 0.3) is 0 Å². The molecule has 2 N–H and O–H groups in total. The maximum Gasteiger partial charge on any atom is 0.262 e. The van der Waals surface area contributed by atoms with Crippen LogP contribution in [0.1, 0.15) is 27.0 Å². The van der Waals surface area contributed by atoms with Crippen LogP contribution in [0, 0.1) is 26.2 Å². The second-order valence-electron chi connectivity index (χ2n) is 7.85. The van der Waals surface area contributed by atoms with E-state index in [-0.39, 0.29) is 22.7 Å². The van der Waals surface area contributed by atoms with Crippen molar-refractivity contribution in [3.8, 4) is 12.3 Å². The topological polar surface area (TPSA) is 95.6 Å². The third kappa shape index (κ3) is 5.82. The Morgan fingerprint density at radius 1 is 1.00 bits per heavy atom. The first-order valence-electron chi connectivity index (χ1n) is 10.4. The van der Waals surface area contributed by atoms with Crippen LogP contribution < -0.4 is 10.0 Å². The summed E-state index contributed by atoms with van der Waals surface area (Å²) in [6.07, 6.45) is 5.38. The van der Waals surface area contributed by atoms with Gasteiger partial charge in [0.2, 0.25) is 5.91 Å². The van der Waals surface area contributed by atoms with E-state index in [1.165, 1.54) is 24.1 Å². The number of amides is 2. The molecule has 0 heterocycles. The van der Waals surface area contributed by atoms with Crippen molar-refractivity contribution in [2.45, 2.75) is 18.7 Å². The Labute approximate surface area is 199 Å². The van der Waals surface area contributed by atoms with Crippen molar-refractivity contribution in [1.82, 2.24) is 4.90 Å². The van der Waals surface area contributed by atoms with Gasteiger partial charge < -0.3 is 10.2 Å². The minimum atomic E-state index is -3.93. The molecular formula is C26H25N3O4S. The fourth-order valence-corrected chi connectivity index (χ4v) is 4.75. The average Bonchev–Trinajstić information content (AvgIpc) is 2.80. The van der Waals surface area contributed by atoms with Gasteiger partial charge in [-0.1, -0.05) is 36.3 Å². The molecule has 34 heavy (non-hydrogen) atoms. The van der Waals surface area contributed by atoms with Gasteiger partial charge in [0.1, 0.15) is 0 Å². The Morgan fingerprint density at radius 2 is 1.74 bits per heavy atom. The number of aryl methyl sites for hydroxylation is 2. The molecule has 7 nitrogen and oxygen atoms in total. The number of para-hydroxylation sites is 1. The van der Waals surface area contributed by atoms with Crippen molar-refractivity contribution < 1.29 is 18.0 Å². The number of rotatable bonds is 7. The van der Waals surface area contributed by atoms with Crippen LogP contribution in [0.2, 0.25) is 0 Å². The summed E-state index contributed by atoms with van der Waals surface area (Å²) in [5.74, 6) is 1.57. The zero-order chi connectivity index (χ0) is 24.9. The highest BCUT2D eigenvalue weighted by Gasteiger charge is 2.23. The number of sulfonamides is 1. The van der Waals surface area contributed by atoms with E-state index in [2.05, 4.69) is 16.0 Å². The summed E-state index contributed by atoms with van der Waals surface area (Å²) >= 11 is 0. The molecule has 2 amide bonds. The highest BCUT2D eigenvalue weighted by atomic mass is 32.2. The van der Waals surface area contributed by atoms with E-state index in [0.717, 1.165) is 5.56 Å². The van der Waals surface area contributed by atoms with Crippen LogP contribution in [0.15, 0.2) is 71.6 Å². The Bertz CT molecular complexity index is 1390. The number of benzene rings is 3. The summed E-state index contributed by atoms with van der Waals surface area (Å²) in [4.78, 5) is 26.9. The summed E-state index contributed by atoms with van der Waals surface area (Å²) in [5, 5.41) is 2.70. The number of carbonyl (C=O) groups excluding carboxylic acids is 2. The number of hydrogen-bond acceptors (Lipinski definition) is 4. The van der Waals surface area contributed by atoms with E-state index in [1.807, 2.05) is 6.07 Å². The lowest BCUT2D eigenvalue weighted by Gasteiger charge is -2.19. The molecule has 0 atom stereocenters. The second kappa shape index (κ2) is 10.2. The predicted molar refractivity (Wildman–Crippen MR) is 133 cm³/mol. The van der Waals surface area contributed by atoms with Crippen LogP contribution in [0.4, 0.5) is 11.4 Å². The van der Waals surface area contributed by atoms with Crippen molar-refractivity contribution in [2.24, 2.45) is 0 Å². The van der Waals surface area contributed by atoms with Crippen LogP contribution in [-0.4, -0.2) is 38.7 Å². The molecular weight excluding hydrogens is 450 g/mol. The van der Waals surface area contributed by atoms with Gasteiger partial charge in [0.15, 0.2) is 0 Å². The summed E-state index contributed by atoms with van der Waals surface area (Å²) in [7, 11) is -2.47. The molecule has 0 aliphatic rings. The molecule has 0 fully saturated rings. The highest BCUT2D eigenvalue weighted by Crippen LogP contribution is 2.24. The molecule has 0 saturated heterocycles. The summed E-state index contributed by atoms with van der Waals surface area (Å²) < 4.78 is 28.6. The minimum Gasteiger partial charge on any atom is -0.332 e. The molecule has 0 aromatic heterocycles. The van der Waals surface area contributed by atoms with E-state index >= 15 is 0 Å². The van der Waals surface area contributed by atoms with Gasteiger partial charge in [0.05, 0.1) is 22.7 Å². The minimum absolute atomic E-state index is 0.126. The molecule has 0 spiro atoms. The van der Waals surface area contributed by atoms with E-state index in [1.54, 1.807) is 62.4 Å². The lowest BCUT2D eigenvalue weighted by atomic mass is 10.1. The van der Waals surface area contributed by atoms with Gasteiger partial charge in [-0.2, -0.15) is 0 Å². The largest absolute Gasteiger partial charge is 0.332 e. The summed E-state index contributed by atoms with van der Waals surface area (Å²) in [5.41, 5.74) is 2.78. The molecule has 174 valence electrons. The number of anilines is 2. The molecule has 0 radical (unpaired) electrons. The SMILES string of the molecule is C#Cc1cccc(NC(=O)CN(C)C(=O)c2ccccc2NS(=O)(=O)c2cc(C)ccc2C)c1. The summed E-state index contributed by atoms with van der Waals surface area (Å²) in [6.45, 7) is 3.27. The Balaban J connectivity index is 1.77. The first-order chi connectivity index (χ1) is 16.1. The fourth-order valence-electron chi connectivity index (χ4n) is 3.34. The number of nitrogens with one attached hydrogen (secondary N) is 2. The molecule has 0 aliphatic heterocycles. The van der Waals surface area contributed by atoms with E-state index in [0.29, 0.717) is 16.8 Å². The predicted octanol–water partition coefficient (Wildman–Crippen LogP) is 3.80. The molecule has 0 unspecified atom stereocenters. The maximum atomic E-state index is 13.1. The standard InChI is InChI=1S/C26H25N3O4S/c1-5-20-9-8-10-21(16-20)27-25(30)17-29(4)26(31)22-11-6-7-12-23(22)28-34(32,33)24-15-18(2)13-14-19(24)3/h1,6-16,28H,17H2,2-4H3,(H,27,30). The molecule has 0 bridgehead atoms. The van der Waals surface area contributed by atoms with Crippen molar-refractivity contribution >= 4 is 33.2 Å². The van der Waals surface area contributed by atoms with E-state index in [9.17, 15) is 18.0 Å². The van der Waals surface area contributed by atoms with E-state index in [4.69, 9.17) is 6.42 Å². The zero-order valence-electron chi connectivity index (χ0n) is 19.1. The Hall–Kier alpha value is -4.09. The quantitative estimate of drug-likeness (QED) is 0.508. The normalized spacial score (nSPS) is 10.8. The molecule has 0 saturated carbocycles. The van der Waals surface area contributed by atoms with Crippen molar-refractivity contribution in [3.05, 3.63) is 89.0 Å². The van der Waals surface area contributed by atoms with Gasteiger partial charge >= 0.3 is 0 Å². The third-order valence-electron chi connectivity index (χ3n) is 5.08. The van der Waals surface area contributed by atoms with Gasteiger partial charge in [-0.05, 0) is 61.4 Å². The molecule has 3 aromatic carbocycles. The number of hydrogen-bond donors (Lipinski definition) is 2. The third-order valence-corrected chi connectivity index (χ3v) is 6.58. The molecule has 3 aromatic rings. The van der Waals surface area contributed by atoms with Crippen molar-refractivity contribution in [2.75, 3.05) is 23.6 Å². The Kier molecular flexibility index (Phi) is 7.39. The smallest absolute Gasteiger partial charge is 0.262 e. The summed E-state index contributed by atoms with van der Waals surface area (Å²) in [6, 6.07) is 18.2. The molecule has 8 heteroatoms. The van der Waals surface area contributed by atoms with Gasteiger partial charge in [-0.25, -0.2) is 8.42 Å². The monoisotopic (exact) mass is 475 g/mol.